The Labute approximate surface area is 151 Å². The summed E-state index contributed by atoms with van der Waals surface area (Å²) >= 11 is 0. The van der Waals surface area contributed by atoms with Gasteiger partial charge in [-0.05, 0) is 37.8 Å². The highest BCUT2D eigenvalue weighted by Gasteiger charge is 2.31. The van der Waals surface area contributed by atoms with Crippen molar-refractivity contribution in [1.29, 1.82) is 0 Å². The molecular formula is C18H23N3O5. The first-order valence-electron chi connectivity index (χ1n) is 9.05. The lowest BCUT2D eigenvalue weighted by molar-refractivity contribution is -0.384. The molecule has 0 aliphatic carbocycles. The summed E-state index contributed by atoms with van der Waals surface area (Å²) in [5.41, 5.74) is -0.0532. The first kappa shape index (κ1) is 18.2. The van der Waals surface area contributed by atoms with Crippen molar-refractivity contribution in [2.75, 3.05) is 19.6 Å². The van der Waals surface area contributed by atoms with E-state index in [2.05, 4.69) is 0 Å². The number of nitro benzene ring substituents is 1. The van der Waals surface area contributed by atoms with Gasteiger partial charge in [-0.2, -0.15) is 0 Å². The number of non-ortho nitro benzene ring substituents is 1. The van der Waals surface area contributed by atoms with E-state index in [0.29, 0.717) is 19.5 Å². The molecule has 140 valence electrons. The van der Waals surface area contributed by atoms with Crippen LogP contribution in [0.15, 0.2) is 24.3 Å². The molecule has 0 aromatic heterocycles. The second-order valence-corrected chi connectivity index (χ2v) is 6.76. The van der Waals surface area contributed by atoms with Crippen LogP contribution >= 0.6 is 0 Å². The molecule has 1 aromatic carbocycles. The van der Waals surface area contributed by atoms with Crippen LogP contribution in [0.25, 0.3) is 0 Å². The van der Waals surface area contributed by atoms with Gasteiger partial charge >= 0.3 is 6.09 Å². The molecular weight excluding hydrogens is 338 g/mol. The minimum absolute atomic E-state index is 0.0405. The number of amides is 2. The van der Waals surface area contributed by atoms with Crippen molar-refractivity contribution >= 4 is 17.7 Å². The van der Waals surface area contributed by atoms with E-state index in [1.807, 2.05) is 4.90 Å². The summed E-state index contributed by atoms with van der Waals surface area (Å²) in [4.78, 5) is 38.5. The Bertz CT molecular complexity index is 676. The lowest BCUT2D eigenvalue weighted by Gasteiger charge is -2.38. The van der Waals surface area contributed by atoms with Crippen LogP contribution in [0.3, 0.4) is 0 Å². The van der Waals surface area contributed by atoms with Gasteiger partial charge in [-0.15, -0.1) is 0 Å². The Kier molecular flexibility index (Phi) is 5.70. The van der Waals surface area contributed by atoms with E-state index in [9.17, 15) is 19.7 Å². The average Bonchev–Trinajstić information content (AvgIpc) is 2.86. The molecule has 1 atom stereocenters. The smallest absolute Gasteiger partial charge is 0.410 e. The molecule has 8 heteroatoms. The molecule has 2 saturated heterocycles. The van der Waals surface area contributed by atoms with Crippen LogP contribution in [0.4, 0.5) is 10.5 Å². The molecule has 8 nitrogen and oxygen atoms in total. The number of rotatable bonds is 3. The SMILES string of the molecule is O=C(Oc1ccc([N+](=O)[O-])cc1)N1CCCC(N2CCCCCC2=O)C1. The monoisotopic (exact) mass is 361 g/mol. The van der Waals surface area contributed by atoms with Gasteiger partial charge in [0.2, 0.25) is 5.91 Å². The van der Waals surface area contributed by atoms with Gasteiger partial charge in [0.25, 0.3) is 5.69 Å². The maximum atomic E-state index is 12.4. The number of nitro groups is 1. The molecule has 2 aliphatic heterocycles. The maximum Gasteiger partial charge on any atom is 0.415 e. The zero-order valence-corrected chi connectivity index (χ0v) is 14.6. The van der Waals surface area contributed by atoms with Crippen molar-refractivity contribution in [3.05, 3.63) is 34.4 Å². The number of likely N-dealkylation sites (tertiary alicyclic amines) is 2. The third-order valence-electron chi connectivity index (χ3n) is 4.96. The second-order valence-electron chi connectivity index (χ2n) is 6.76. The van der Waals surface area contributed by atoms with Crippen molar-refractivity contribution in [2.45, 2.75) is 44.6 Å². The third-order valence-corrected chi connectivity index (χ3v) is 4.96. The van der Waals surface area contributed by atoms with E-state index in [0.717, 1.165) is 38.6 Å². The van der Waals surface area contributed by atoms with Gasteiger partial charge in [-0.3, -0.25) is 14.9 Å². The molecule has 2 heterocycles. The molecule has 0 spiro atoms. The Morgan fingerprint density at radius 3 is 2.62 bits per heavy atom. The summed E-state index contributed by atoms with van der Waals surface area (Å²) in [7, 11) is 0. The molecule has 26 heavy (non-hydrogen) atoms. The zero-order valence-electron chi connectivity index (χ0n) is 14.6. The number of hydrogen-bond acceptors (Lipinski definition) is 5. The van der Waals surface area contributed by atoms with Gasteiger partial charge in [0.05, 0.1) is 4.92 Å². The van der Waals surface area contributed by atoms with Crippen molar-refractivity contribution in [2.24, 2.45) is 0 Å². The molecule has 2 amide bonds. The van der Waals surface area contributed by atoms with Gasteiger partial charge in [0, 0.05) is 44.2 Å². The maximum absolute atomic E-state index is 12.4. The normalized spacial score (nSPS) is 21.2. The molecule has 0 saturated carbocycles. The third kappa shape index (κ3) is 4.30. The topological polar surface area (TPSA) is 93.0 Å². The summed E-state index contributed by atoms with van der Waals surface area (Å²) in [6.07, 6.45) is 4.84. The predicted molar refractivity (Wildman–Crippen MR) is 93.9 cm³/mol. The summed E-state index contributed by atoms with van der Waals surface area (Å²) in [6, 6.07) is 5.47. The number of hydrogen-bond donors (Lipinski definition) is 0. The van der Waals surface area contributed by atoms with E-state index in [1.54, 1.807) is 4.90 Å². The quantitative estimate of drug-likeness (QED) is 0.609. The Balaban J connectivity index is 1.60. The lowest BCUT2D eigenvalue weighted by Crippen LogP contribution is -2.52. The van der Waals surface area contributed by atoms with Crippen molar-refractivity contribution in [3.63, 3.8) is 0 Å². The van der Waals surface area contributed by atoms with Crippen LogP contribution in [-0.4, -0.2) is 52.4 Å². The number of carbonyl (C=O) groups is 2. The fourth-order valence-corrected chi connectivity index (χ4v) is 3.57. The molecule has 2 aliphatic rings. The highest BCUT2D eigenvalue weighted by atomic mass is 16.6. The summed E-state index contributed by atoms with van der Waals surface area (Å²) < 4.78 is 5.34. The standard InChI is InChI=1S/C18H23N3O5/c22-17-6-2-1-3-12-20(17)15-5-4-11-19(13-15)18(23)26-16-9-7-14(8-10-16)21(24)25/h7-10,15H,1-6,11-13H2. The van der Waals surface area contributed by atoms with Crippen LogP contribution < -0.4 is 4.74 Å². The number of piperidine rings is 1. The Hall–Kier alpha value is -2.64. The number of benzene rings is 1. The van der Waals surface area contributed by atoms with Gasteiger partial charge < -0.3 is 14.5 Å². The van der Waals surface area contributed by atoms with Gasteiger partial charge in [0.15, 0.2) is 0 Å². The molecule has 1 aromatic rings. The molecule has 0 N–H and O–H groups in total. The van der Waals surface area contributed by atoms with E-state index >= 15 is 0 Å². The number of carbonyl (C=O) groups excluding carboxylic acids is 2. The molecule has 0 bridgehead atoms. The van der Waals surface area contributed by atoms with Crippen molar-refractivity contribution < 1.29 is 19.2 Å². The predicted octanol–water partition coefficient (Wildman–Crippen LogP) is 2.96. The number of ether oxygens (including phenoxy) is 1. The van der Waals surface area contributed by atoms with E-state index in [1.165, 1.54) is 24.3 Å². The van der Waals surface area contributed by atoms with Crippen LogP contribution in [0, 0.1) is 10.1 Å². The van der Waals surface area contributed by atoms with E-state index in [4.69, 9.17) is 4.74 Å². The first-order chi connectivity index (χ1) is 12.5. The first-order valence-corrected chi connectivity index (χ1v) is 9.05. The van der Waals surface area contributed by atoms with Crippen LogP contribution in [-0.2, 0) is 4.79 Å². The fraction of sp³-hybridized carbons (Fsp3) is 0.556. The summed E-state index contributed by atoms with van der Waals surface area (Å²) in [5, 5.41) is 10.7. The minimum Gasteiger partial charge on any atom is -0.410 e. The largest absolute Gasteiger partial charge is 0.415 e. The van der Waals surface area contributed by atoms with E-state index < -0.39 is 11.0 Å². The van der Waals surface area contributed by atoms with Crippen molar-refractivity contribution in [1.82, 2.24) is 9.80 Å². The molecule has 3 rings (SSSR count). The van der Waals surface area contributed by atoms with Gasteiger partial charge in [-0.1, -0.05) is 6.42 Å². The molecule has 2 fully saturated rings. The van der Waals surface area contributed by atoms with E-state index in [-0.39, 0.29) is 23.4 Å². The van der Waals surface area contributed by atoms with Crippen molar-refractivity contribution in [3.8, 4) is 5.75 Å². The highest BCUT2D eigenvalue weighted by Crippen LogP contribution is 2.23. The highest BCUT2D eigenvalue weighted by molar-refractivity contribution is 5.77. The van der Waals surface area contributed by atoms with Gasteiger partial charge in [0.1, 0.15) is 5.75 Å². The van der Waals surface area contributed by atoms with Crippen LogP contribution in [0.2, 0.25) is 0 Å². The molecule has 0 radical (unpaired) electrons. The average molecular weight is 361 g/mol. The Morgan fingerprint density at radius 1 is 1.12 bits per heavy atom. The summed E-state index contributed by atoms with van der Waals surface area (Å²) in [6.45, 7) is 1.82. The van der Waals surface area contributed by atoms with Crippen LogP contribution in [0.1, 0.15) is 38.5 Å². The Morgan fingerprint density at radius 2 is 1.88 bits per heavy atom. The lowest BCUT2D eigenvalue weighted by atomic mass is 10.0. The zero-order chi connectivity index (χ0) is 18.5. The second kappa shape index (κ2) is 8.16. The minimum atomic E-state index is -0.501. The summed E-state index contributed by atoms with van der Waals surface area (Å²) in [5.74, 6) is 0.451. The van der Waals surface area contributed by atoms with Gasteiger partial charge in [-0.25, -0.2) is 4.79 Å². The fourth-order valence-electron chi connectivity index (χ4n) is 3.57. The molecule has 1 unspecified atom stereocenters. The number of nitrogens with zero attached hydrogens (tertiary/aromatic N) is 3. The van der Waals surface area contributed by atoms with Crippen LogP contribution in [0.5, 0.6) is 5.75 Å².